The van der Waals surface area contributed by atoms with Gasteiger partial charge in [-0.3, -0.25) is 4.79 Å². The largest absolute Gasteiger partial charge is 0.495 e. The number of halogens is 2. The number of aromatic nitrogens is 2. The summed E-state index contributed by atoms with van der Waals surface area (Å²) in [7, 11) is 1.52. The van der Waals surface area contributed by atoms with E-state index in [9.17, 15) is 9.18 Å². The van der Waals surface area contributed by atoms with E-state index in [-0.39, 0.29) is 17.5 Å². The molecule has 0 saturated heterocycles. The van der Waals surface area contributed by atoms with Gasteiger partial charge in [0.25, 0.3) is 0 Å². The molecule has 0 aliphatic heterocycles. The first-order valence-corrected chi connectivity index (χ1v) is 9.84. The summed E-state index contributed by atoms with van der Waals surface area (Å²) in [6.07, 6.45) is 0. The molecule has 2 aromatic carbocycles. The van der Waals surface area contributed by atoms with E-state index in [1.807, 2.05) is 0 Å². The van der Waals surface area contributed by atoms with Gasteiger partial charge in [-0.2, -0.15) is 0 Å². The van der Waals surface area contributed by atoms with Crippen LogP contribution >= 0.6 is 34.7 Å². The van der Waals surface area contributed by atoms with Crippen molar-refractivity contribution in [3.63, 3.8) is 0 Å². The number of ether oxygens (including phenoxy) is 1. The first-order chi connectivity index (χ1) is 13.0. The summed E-state index contributed by atoms with van der Waals surface area (Å²) in [5.74, 6) is 0.102. The van der Waals surface area contributed by atoms with Gasteiger partial charge in [-0.1, -0.05) is 46.8 Å². The molecule has 0 radical (unpaired) electrons. The van der Waals surface area contributed by atoms with Crippen molar-refractivity contribution in [3.05, 3.63) is 53.3 Å². The fourth-order valence-corrected chi connectivity index (χ4v) is 3.89. The van der Waals surface area contributed by atoms with Gasteiger partial charge in [0.1, 0.15) is 11.6 Å². The molecule has 140 valence electrons. The van der Waals surface area contributed by atoms with Crippen molar-refractivity contribution in [3.8, 4) is 5.75 Å². The number of thioether (sulfide) groups is 1. The Hall–Kier alpha value is -2.36. The normalized spacial score (nSPS) is 10.5. The van der Waals surface area contributed by atoms with Gasteiger partial charge in [0.05, 0.1) is 23.6 Å². The first-order valence-electron chi connectivity index (χ1n) is 7.66. The van der Waals surface area contributed by atoms with Crippen LogP contribution in [0.5, 0.6) is 5.75 Å². The van der Waals surface area contributed by atoms with Crippen LogP contribution in [0, 0.1) is 5.82 Å². The third-order valence-electron chi connectivity index (χ3n) is 3.28. The molecule has 0 unspecified atom stereocenters. The summed E-state index contributed by atoms with van der Waals surface area (Å²) >= 11 is 8.51. The Morgan fingerprint density at radius 3 is 2.85 bits per heavy atom. The Labute approximate surface area is 168 Å². The second-order valence-corrected chi connectivity index (χ2v) is 7.77. The maximum absolute atomic E-state index is 13.6. The van der Waals surface area contributed by atoms with E-state index in [1.54, 1.807) is 36.4 Å². The average molecular weight is 425 g/mol. The Morgan fingerprint density at radius 1 is 1.30 bits per heavy atom. The molecule has 1 amide bonds. The standard InChI is InChI=1S/C17H14ClFN4O2S2/c1-25-14-7-6-10(8-11(14)18)20-15(24)9-26-17-23-22-16(27-17)21-13-5-3-2-4-12(13)19/h2-8H,9H2,1H3,(H,20,24)(H,21,22). The number of amides is 1. The fourth-order valence-electron chi connectivity index (χ4n) is 2.06. The molecule has 0 saturated carbocycles. The molecule has 3 aromatic rings. The molecule has 2 N–H and O–H groups in total. The molecule has 0 spiro atoms. The van der Waals surface area contributed by atoms with Crippen LogP contribution in [0.25, 0.3) is 0 Å². The van der Waals surface area contributed by atoms with Gasteiger partial charge in [-0.25, -0.2) is 4.39 Å². The van der Waals surface area contributed by atoms with Crippen LogP contribution in [0.3, 0.4) is 0 Å². The van der Waals surface area contributed by atoms with Crippen LogP contribution in [-0.4, -0.2) is 29.0 Å². The van der Waals surface area contributed by atoms with Crippen LogP contribution in [0.2, 0.25) is 5.02 Å². The topological polar surface area (TPSA) is 76.1 Å². The SMILES string of the molecule is COc1ccc(NC(=O)CSc2nnc(Nc3ccccc3F)s2)cc1Cl. The molecule has 0 atom stereocenters. The Kier molecular flexibility index (Phi) is 6.49. The van der Waals surface area contributed by atoms with E-state index in [1.165, 1.54) is 36.3 Å². The highest BCUT2D eigenvalue weighted by Gasteiger charge is 2.11. The number of rotatable bonds is 7. The number of nitrogens with one attached hydrogen (secondary N) is 2. The molecule has 0 fully saturated rings. The van der Waals surface area contributed by atoms with Crippen molar-refractivity contribution in [1.82, 2.24) is 10.2 Å². The van der Waals surface area contributed by atoms with Crippen molar-refractivity contribution in [2.45, 2.75) is 4.34 Å². The smallest absolute Gasteiger partial charge is 0.234 e. The molecule has 3 rings (SSSR count). The monoisotopic (exact) mass is 424 g/mol. The van der Waals surface area contributed by atoms with E-state index in [2.05, 4.69) is 20.8 Å². The lowest BCUT2D eigenvalue weighted by Gasteiger charge is -2.07. The van der Waals surface area contributed by atoms with Crippen LogP contribution in [0.1, 0.15) is 0 Å². The van der Waals surface area contributed by atoms with Gasteiger partial charge in [-0.05, 0) is 30.3 Å². The Bertz CT molecular complexity index is 954. The zero-order valence-corrected chi connectivity index (χ0v) is 16.4. The number of anilines is 3. The number of nitrogens with zero attached hydrogens (tertiary/aromatic N) is 2. The van der Waals surface area contributed by atoms with E-state index in [0.717, 1.165) is 0 Å². The highest BCUT2D eigenvalue weighted by Crippen LogP contribution is 2.29. The summed E-state index contributed by atoms with van der Waals surface area (Å²) in [4.78, 5) is 12.1. The van der Waals surface area contributed by atoms with Crippen LogP contribution in [0.4, 0.5) is 20.9 Å². The quantitative estimate of drug-likeness (QED) is 0.530. The molecule has 27 heavy (non-hydrogen) atoms. The van der Waals surface area contributed by atoms with E-state index >= 15 is 0 Å². The minimum atomic E-state index is -0.376. The molecule has 0 aliphatic carbocycles. The van der Waals surface area contributed by atoms with Gasteiger partial charge >= 0.3 is 0 Å². The maximum Gasteiger partial charge on any atom is 0.234 e. The summed E-state index contributed by atoms with van der Waals surface area (Å²) in [6, 6.07) is 11.3. The molecule has 0 aliphatic rings. The maximum atomic E-state index is 13.6. The van der Waals surface area contributed by atoms with Crippen LogP contribution < -0.4 is 15.4 Å². The van der Waals surface area contributed by atoms with Gasteiger partial charge < -0.3 is 15.4 Å². The predicted octanol–water partition coefficient (Wildman–Crippen LogP) is 4.81. The number of carbonyl (C=O) groups excluding carboxylic acids is 1. The molecule has 1 heterocycles. The second-order valence-electron chi connectivity index (χ2n) is 5.16. The summed E-state index contributed by atoms with van der Waals surface area (Å²) < 4.78 is 19.3. The molecule has 10 heteroatoms. The number of methoxy groups -OCH3 is 1. The van der Waals surface area contributed by atoms with Crippen molar-refractivity contribution in [2.24, 2.45) is 0 Å². The van der Waals surface area contributed by atoms with Crippen molar-refractivity contribution in [2.75, 3.05) is 23.5 Å². The number of carbonyl (C=O) groups is 1. The minimum Gasteiger partial charge on any atom is -0.495 e. The van der Waals surface area contributed by atoms with Gasteiger partial charge in [0.15, 0.2) is 4.34 Å². The van der Waals surface area contributed by atoms with E-state index in [0.29, 0.717) is 31.6 Å². The third-order valence-corrected chi connectivity index (χ3v) is 5.55. The highest BCUT2D eigenvalue weighted by atomic mass is 35.5. The average Bonchev–Trinajstić information content (AvgIpc) is 3.10. The predicted molar refractivity (Wildman–Crippen MR) is 107 cm³/mol. The van der Waals surface area contributed by atoms with Crippen LogP contribution in [0.15, 0.2) is 46.8 Å². The van der Waals surface area contributed by atoms with E-state index < -0.39 is 0 Å². The molecule has 6 nitrogen and oxygen atoms in total. The Balaban J connectivity index is 1.53. The lowest BCUT2D eigenvalue weighted by atomic mass is 10.3. The fraction of sp³-hybridized carbons (Fsp3) is 0.118. The lowest BCUT2D eigenvalue weighted by Crippen LogP contribution is -2.13. The number of para-hydroxylation sites is 1. The Morgan fingerprint density at radius 2 is 2.11 bits per heavy atom. The zero-order valence-electron chi connectivity index (χ0n) is 14.0. The van der Waals surface area contributed by atoms with E-state index in [4.69, 9.17) is 16.3 Å². The van der Waals surface area contributed by atoms with Gasteiger partial charge in [0.2, 0.25) is 11.0 Å². The lowest BCUT2D eigenvalue weighted by molar-refractivity contribution is -0.113. The highest BCUT2D eigenvalue weighted by molar-refractivity contribution is 8.01. The summed E-state index contributed by atoms with van der Waals surface area (Å²) in [5.41, 5.74) is 0.893. The molecule has 0 bridgehead atoms. The first kappa shape index (κ1) is 19.4. The second kappa shape index (κ2) is 9.03. The van der Waals surface area contributed by atoms with Gasteiger partial charge in [0, 0.05) is 5.69 Å². The third kappa shape index (κ3) is 5.31. The summed E-state index contributed by atoms with van der Waals surface area (Å²) in [6.45, 7) is 0. The number of benzene rings is 2. The number of hydrogen-bond acceptors (Lipinski definition) is 7. The van der Waals surface area contributed by atoms with Gasteiger partial charge in [-0.15, -0.1) is 10.2 Å². The van der Waals surface area contributed by atoms with Crippen molar-refractivity contribution in [1.29, 1.82) is 0 Å². The number of hydrogen-bond donors (Lipinski definition) is 2. The zero-order chi connectivity index (χ0) is 19.2. The molecular formula is C17H14ClFN4O2S2. The molecular weight excluding hydrogens is 411 g/mol. The van der Waals surface area contributed by atoms with Crippen LogP contribution in [-0.2, 0) is 4.79 Å². The molecule has 1 aromatic heterocycles. The van der Waals surface area contributed by atoms with Crippen molar-refractivity contribution < 1.29 is 13.9 Å². The van der Waals surface area contributed by atoms with Crippen molar-refractivity contribution >= 4 is 57.1 Å². The summed E-state index contributed by atoms with van der Waals surface area (Å²) in [5, 5.41) is 14.4. The minimum absolute atomic E-state index is 0.151.